The van der Waals surface area contributed by atoms with Crippen LogP contribution in [0.5, 0.6) is 0 Å². The highest BCUT2D eigenvalue weighted by Gasteiger charge is 2.29. The summed E-state index contributed by atoms with van der Waals surface area (Å²) in [6, 6.07) is 9.87. The lowest BCUT2D eigenvalue weighted by atomic mass is 9.96. The highest BCUT2D eigenvalue weighted by molar-refractivity contribution is 5.81. The molecule has 1 N–H and O–H groups in total. The van der Waals surface area contributed by atoms with Crippen LogP contribution in [0.1, 0.15) is 31.4 Å². The first-order chi connectivity index (χ1) is 10.5. The molecule has 1 fully saturated rings. The average Bonchev–Trinajstić information content (AvgIpc) is 2.54. The Morgan fingerprint density at radius 1 is 1.27 bits per heavy atom. The summed E-state index contributed by atoms with van der Waals surface area (Å²) in [7, 11) is 3.48. The number of likely N-dealkylation sites (tertiary alicyclic amines) is 1. The van der Waals surface area contributed by atoms with Crippen molar-refractivity contribution in [2.75, 3.05) is 27.2 Å². The number of hydrogen-bond acceptors (Lipinski definition) is 2. The predicted molar refractivity (Wildman–Crippen MR) is 86.4 cm³/mol. The summed E-state index contributed by atoms with van der Waals surface area (Å²) >= 11 is 0. The SMILES string of the molecule is C[C@@H](NC(=O)[C@H]1CCCN(C(=O)N(C)C)C1)c1ccccc1. The van der Waals surface area contributed by atoms with Gasteiger partial charge in [0.2, 0.25) is 5.91 Å². The van der Waals surface area contributed by atoms with Crippen LogP contribution >= 0.6 is 0 Å². The highest BCUT2D eigenvalue weighted by atomic mass is 16.2. The molecule has 120 valence electrons. The number of piperidine rings is 1. The van der Waals surface area contributed by atoms with Crippen LogP contribution < -0.4 is 5.32 Å². The zero-order valence-electron chi connectivity index (χ0n) is 13.6. The van der Waals surface area contributed by atoms with Crippen molar-refractivity contribution >= 4 is 11.9 Å². The van der Waals surface area contributed by atoms with Gasteiger partial charge in [-0.15, -0.1) is 0 Å². The minimum atomic E-state index is -0.121. The molecule has 0 radical (unpaired) electrons. The molecule has 2 rings (SSSR count). The molecule has 22 heavy (non-hydrogen) atoms. The number of carbonyl (C=O) groups is 2. The minimum absolute atomic E-state index is 0.0198. The van der Waals surface area contributed by atoms with E-state index in [1.807, 2.05) is 37.3 Å². The molecule has 1 aromatic rings. The molecule has 1 saturated heterocycles. The molecule has 1 aliphatic rings. The lowest BCUT2D eigenvalue weighted by molar-refractivity contribution is -0.127. The van der Waals surface area contributed by atoms with E-state index in [0.717, 1.165) is 24.9 Å². The summed E-state index contributed by atoms with van der Waals surface area (Å²) in [4.78, 5) is 27.8. The fraction of sp³-hybridized carbons (Fsp3) is 0.529. The van der Waals surface area contributed by atoms with E-state index in [2.05, 4.69) is 5.32 Å². The monoisotopic (exact) mass is 303 g/mol. The Bertz CT molecular complexity index is 516. The fourth-order valence-corrected chi connectivity index (χ4v) is 2.80. The number of urea groups is 1. The van der Waals surface area contributed by atoms with Crippen LogP contribution in [0, 0.1) is 5.92 Å². The average molecular weight is 303 g/mol. The maximum absolute atomic E-state index is 12.5. The summed E-state index contributed by atoms with van der Waals surface area (Å²) < 4.78 is 0. The molecule has 2 atom stereocenters. The van der Waals surface area contributed by atoms with E-state index in [-0.39, 0.29) is 23.9 Å². The molecule has 3 amide bonds. The maximum Gasteiger partial charge on any atom is 0.319 e. The predicted octanol–water partition coefficient (Wildman–Crippen LogP) is 2.26. The summed E-state index contributed by atoms with van der Waals surface area (Å²) in [5.74, 6) is -0.0866. The van der Waals surface area contributed by atoms with Crippen LogP contribution in [-0.4, -0.2) is 48.9 Å². The molecule has 0 spiro atoms. The number of nitrogens with zero attached hydrogens (tertiary/aromatic N) is 2. The number of benzene rings is 1. The Hall–Kier alpha value is -2.04. The summed E-state index contributed by atoms with van der Waals surface area (Å²) in [5.41, 5.74) is 1.09. The first-order valence-electron chi connectivity index (χ1n) is 7.80. The Balaban J connectivity index is 1.93. The van der Waals surface area contributed by atoms with Gasteiger partial charge in [-0.2, -0.15) is 0 Å². The highest BCUT2D eigenvalue weighted by Crippen LogP contribution is 2.19. The van der Waals surface area contributed by atoms with Crippen LogP contribution in [-0.2, 0) is 4.79 Å². The molecule has 5 heteroatoms. The van der Waals surface area contributed by atoms with Crippen molar-refractivity contribution in [2.24, 2.45) is 5.92 Å². The second-order valence-corrected chi connectivity index (χ2v) is 6.10. The van der Waals surface area contributed by atoms with Crippen molar-refractivity contribution in [3.8, 4) is 0 Å². The zero-order valence-corrected chi connectivity index (χ0v) is 13.6. The van der Waals surface area contributed by atoms with Gasteiger partial charge in [0.1, 0.15) is 0 Å². The number of hydrogen-bond donors (Lipinski definition) is 1. The van der Waals surface area contributed by atoms with Gasteiger partial charge in [0.25, 0.3) is 0 Å². The van der Waals surface area contributed by atoms with E-state index < -0.39 is 0 Å². The van der Waals surface area contributed by atoms with E-state index in [1.165, 1.54) is 0 Å². The van der Waals surface area contributed by atoms with Gasteiger partial charge in [0.05, 0.1) is 12.0 Å². The van der Waals surface area contributed by atoms with Gasteiger partial charge in [-0.3, -0.25) is 4.79 Å². The number of nitrogens with one attached hydrogen (secondary N) is 1. The van der Waals surface area contributed by atoms with Gasteiger partial charge in [0, 0.05) is 27.2 Å². The van der Waals surface area contributed by atoms with Crippen LogP contribution in [0.3, 0.4) is 0 Å². The van der Waals surface area contributed by atoms with E-state index >= 15 is 0 Å². The Morgan fingerprint density at radius 3 is 2.59 bits per heavy atom. The van der Waals surface area contributed by atoms with Crippen molar-refractivity contribution in [3.63, 3.8) is 0 Å². The quantitative estimate of drug-likeness (QED) is 0.931. The second-order valence-electron chi connectivity index (χ2n) is 6.10. The Morgan fingerprint density at radius 2 is 1.95 bits per heavy atom. The maximum atomic E-state index is 12.5. The molecule has 1 aliphatic heterocycles. The van der Waals surface area contributed by atoms with Gasteiger partial charge in [-0.05, 0) is 25.3 Å². The molecule has 5 nitrogen and oxygen atoms in total. The second kappa shape index (κ2) is 7.29. The largest absolute Gasteiger partial charge is 0.349 e. The summed E-state index contributed by atoms with van der Waals surface area (Å²) in [6.45, 7) is 3.22. The van der Waals surface area contributed by atoms with Crippen molar-refractivity contribution in [2.45, 2.75) is 25.8 Å². The molecule has 0 unspecified atom stereocenters. The normalized spacial score (nSPS) is 19.4. The van der Waals surface area contributed by atoms with Crippen molar-refractivity contribution in [3.05, 3.63) is 35.9 Å². The van der Waals surface area contributed by atoms with Gasteiger partial charge < -0.3 is 15.1 Å². The minimum Gasteiger partial charge on any atom is -0.349 e. The molecule has 1 heterocycles. The van der Waals surface area contributed by atoms with Gasteiger partial charge in [-0.1, -0.05) is 30.3 Å². The lowest BCUT2D eigenvalue weighted by Gasteiger charge is -2.34. The molecule has 0 aliphatic carbocycles. The third-order valence-corrected chi connectivity index (χ3v) is 4.10. The fourth-order valence-electron chi connectivity index (χ4n) is 2.80. The van der Waals surface area contributed by atoms with Gasteiger partial charge in [0.15, 0.2) is 0 Å². The van der Waals surface area contributed by atoms with Crippen LogP contribution in [0.25, 0.3) is 0 Å². The Labute approximate surface area is 132 Å². The van der Waals surface area contributed by atoms with E-state index in [4.69, 9.17) is 0 Å². The van der Waals surface area contributed by atoms with Crippen LogP contribution in [0.4, 0.5) is 4.79 Å². The third-order valence-electron chi connectivity index (χ3n) is 4.10. The molecule has 0 saturated carbocycles. The topological polar surface area (TPSA) is 52.7 Å². The van der Waals surface area contributed by atoms with E-state index in [0.29, 0.717) is 6.54 Å². The van der Waals surface area contributed by atoms with Gasteiger partial charge >= 0.3 is 6.03 Å². The molecular formula is C17H25N3O2. The first-order valence-corrected chi connectivity index (χ1v) is 7.80. The van der Waals surface area contributed by atoms with Crippen molar-refractivity contribution < 1.29 is 9.59 Å². The molecular weight excluding hydrogens is 278 g/mol. The van der Waals surface area contributed by atoms with Crippen LogP contribution in [0.2, 0.25) is 0 Å². The smallest absolute Gasteiger partial charge is 0.319 e. The summed E-state index contributed by atoms with van der Waals surface area (Å²) in [5, 5.41) is 3.06. The third kappa shape index (κ3) is 4.00. The van der Waals surface area contributed by atoms with Crippen LogP contribution in [0.15, 0.2) is 30.3 Å². The van der Waals surface area contributed by atoms with E-state index in [9.17, 15) is 9.59 Å². The Kier molecular flexibility index (Phi) is 5.41. The van der Waals surface area contributed by atoms with Gasteiger partial charge in [-0.25, -0.2) is 4.79 Å². The van der Waals surface area contributed by atoms with Crippen molar-refractivity contribution in [1.82, 2.24) is 15.1 Å². The summed E-state index contributed by atoms with van der Waals surface area (Å²) in [6.07, 6.45) is 1.71. The standard InChI is InChI=1S/C17H25N3O2/c1-13(14-8-5-4-6-9-14)18-16(21)15-10-7-11-20(12-15)17(22)19(2)3/h4-6,8-9,13,15H,7,10-12H2,1-3H3,(H,18,21)/t13-,15+/m1/s1. The number of amides is 3. The molecule has 1 aromatic carbocycles. The number of rotatable bonds is 3. The van der Waals surface area contributed by atoms with Crippen molar-refractivity contribution in [1.29, 1.82) is 0 Å². The zero-order chi connectivity index (χ0) is 16.1. The molecule has 0 aromatic heterocycles. The molecule has 0 bridgehead atoms. The number of carbonyl (C=O) groups excluding carboxylic acids is 2. The van der Waals surface area contributed by atoms with E-state index in [1.54, 1.807) is 23.9 Å². The first kappa shape index (κ1) is 16.3. The lowest BCUT2D eigenvalue weighted by Crippen LogP contribution is -2.48.